The first-order valence-electron chi connectivity index (χ1n) is 9.36. The molecule has 136 valence electrons. The average molecular weight is 335 g/mol. The fraction of sp³-hybridized carbons (Fsp3) is 0.714. The lowest BCUT2D eigenvalue weighted by Gasteiger charge is -2.33. The van der Waals surface area contributed by atoms with Crippen LogP contribution in [0.15, 0.2) is 12.1 Å². The first kappa shape index (κ1) is 19.3. The van der Waals surface area contributed by atoms with Crippen LogP contribution in [-0.2, 0) is 17.4 Å². The number of hydrogen-bond acceptors (Lipinski definition) is 2. The molecule has 24 heavy (non-hydrogen) atoms. The zero-order valence-corrected chi connectivity index (χ0v) is 16.4. The zero-order valence-electron chi connectivity index (χ0n) is 16.4. The number of aromatic hydroxyl groups is 1. The van der Waals surface area contributed by atoms with Crippen molar-refractivity contribution in [2.45, 2.75) is 84.2 Å². The number of quaternary nitrogens is 1. The predicted octanol–water partition coefficient (Wildman–Crippen LogP) is 2.92. The largest absolute Gasteiger partial charge is 0.507 e. The molecule has 3 N–H and O–H groups in total. The van der Waals surface area contributed by atoms with Crippen molar-refractivity contribution in [2.24, 2.45) is 0 Å². The lowest BCUT2D eigenvalue weighted by atomic mass is 9.78. The molecule has 0 amide bonds. The van der Waals surface area contributed by atoms with Crippen LogP contribution < -0.4 is 4.90 Å². The highest BCUT2D eigenvalue weighted by molar-refractivity contribution is 5.49. The topological polar surface area (TPSA) is 44.9 Å². The number of nitrogens with one attached hydrogen (secondary N) is 1. The molecule has 0 radical (unpaired) electrons. The van der Waals surface area contributed by atoms with Gasteiger partial charge in [0.1, 0.15) is 18.3 Å². The molecule has 0 aliphatic carbocycles. The number of hydrogen-bond donors (Lipinski definition) is 3. The summed E-state index contributed by atoms with van der Waals surface area (Å²) in [5.74, 6) is 0.450. The molecule has 3 nitrogen and oxygen atoms in total. The van der Waals surface area contributed by atoms with E-state index >= 15 is 0 Å². The highest BCUT2D eigenvalue weighted by Crippen LogP contribution is 2.39. The number of aliphatic hydroxyl groups excluding tert-OH is 1. The second-order valence-electron chi connectivity index (χ2n) is 9.50. The van der Waals surface area contributed by atoms with Crippen LogP contribution in [0.1, 0.15) is 77.5 Å². The maximum Gasteiger partial charge on any atom is 0.123 e. The molecule has 1 aromatic rings. The van der Waals surface area contributed by atoms with Gasteiger partial charge in [-0.05, 0) is 35.8 Å². The SMILES string of the molecule is CC(C)(C)c1cc(C[NH+]2CCCC[C@@H]2CO)cc(C(C)(C)C)c1O. The van der Waals surface area contributed by atoms with Gasteiger partial charge >= 0.3 is 0 Å². The minimum absolute atomic E-state index is 0.0896. The fourth-order valence-corrected chi connectivity index (χ4v) is 3.81. The second kappa shape index (κ2) is 7.05. The summed E-state index contributed by atoms with van der Waals surface area (Å²) in [6.45, 7) is 15.3. The summed E-state index contributed by atoms with van der Waals surface area (Å²) >= 11 is 0. The molecule has 0 spiro atoms. The minimum Gasteiger partial charge on any atom is -0.507 e. The van der Waals surface area contributed by atoms with Crippen molar-refractivity contribution in [3.8, 4) is 5.75 Å². The summed E-state index contributed by atoms with van der Waals surface area (Å²) in [6.07, 6.45) is 3.58. The molecule has 1 heterocycles. The summed E-state index contributed by atoms with van der Waals surface area (Å²) in [5.41, 5.74) is 3.16. The first-order valence-corrected chi connectivity index (χ1v) is 9.36. The summed E-state index contributed by atoms with van der Waals surface area (Å²) < 4.78 is 0. The normalized spacial score (nSPS) is 22.6. The van der Waals surface area contributed by atoms with Gasteiger partial charge in [-0.15, -0.1) is 0 Å². The third kappa shape index (κ3) is 4.31. The highest BCUT2D eigenvalue weighted by atomic mass is 16.3. The Labute approximate surface area is 147 Å². The van der Waals surface area contributed by atoms with Crippen LogP contribution >= 0.6 is 0 Å². The molecular weight excluding hydrogens is 298 g/mol. The van der Waals surface area contributed by atoms with Crippen molar-refractivity contribution < 1.29 is 15.1 Å². The Morgan fingerprint density at radius 1 is 1.00 bits per heavy atom. The summed E-state index contributed by atoms with van der Waals surface area (Å²) in [4.78, 5) is 1.48. The van der Waals surface area contributed by atoms with E-state index in [1.807, 2.05) is 0 Å². The number of rotatable bonds is 3. The Bertz CT molecular complexity index is 531. The van der Waals surface area contributed by atoms with Gasteiger partial charge in [0, 0.05) is 23.1 Å². The Morgan fingerprint density at radius 3 is 2.00 bits per heavy atom. The molecule has 2 atom stereocenters. The zero-order chi connectivity index (χ0) is 18.1. The maximum atomic E-state index is 10.8. The van der Waals surface area contributed by atoms with E-state index in [-0.39, 0.29) is 17.4 Å². The molecule has 1 unspecified atom stereocenters. The smallest absolute Gasteiger partial charge is 0.123 e. The molecule has 1 aliphatic heterocycles. The number of aliphatic hydroxyl groups is 1. The standard InChI is InChI=1S/C21H35NO2/c1-20(2,3)17-11-15(12-18(19(17)24)21(4,5)6)13-22-10-8-7-9-16(22)14-23/h11-12,16,23-24H,7-10,13-14H2,1-6H3/p+1/t16-/m1/s1. The van der Waals surface area contributed by atoms with Crippen LogP contribution in [0, 0.1) is 0 Å². The van der Waals surface area contributed by atoms with Crippen molar-refractivity contribution in [1.29, 1.82) is 0 Å². The molecule has 1 fully saturated rings. The molecule has 3 heteroatoms. The lowest BCUT2D eigenvalue weighted by Crippen LogP contribution is -3.15. The van der Waals surface area contributed by atoms with Gasteiger partial charge in [0.2, 0.25) is 0 Å². The molecule has 0 bridgehead atoms. The van der Waals surface area contributed by atoms with E-state index in [4.69, 9.17) is 0 Å². The van der Waals surface area contributed by atoms with Crippen LogP contribution in [0.2, 0.25) is 0 Å². The van der Waals surface area contributed by atoms with Gasteiger partial charge in [0.05, 0.1) is 13.2 Å². The number of benzene rings is 1. The van der Waals surface area contributed by atoms with Gasteiger partial charge in [-0.2, -0.15) is 0 Å². The first-order chi connectivity index (χ1) is 11.0. The Kier molecular flexibility index (Phi) is 5.66. The molecule has 2 rings (SSSR count). The highest BCUT2D eigenvalue weighted by Gasteiger charge is 2.29. The molecule has 0 saturated carbocycles. The van der Waals surface area contributed by atoms with Gasteiger partial charge in [0.25, 0.3) is 0 Å². The number of piperidine rings is 1. The second-order valence-corrected chi connectivity index (χ2v) is 9.50. The van der Waals surface area contributed by atoms with E-state index < -0.39 is 0 Å². The van der Waals surface area contributed by atoms with E-state index in [0.717, 1.165) is 30.6 Å². The van der Waals surface area contributed by atoms with Crippen LogP contribution in [0.3, 0.4) is 0 Å². The third-order valence-corrected chi connectivity index (χ3v) is 5.32. The Balaban J connectivity index is 2.42. The summed E-state index contributed by atoms with van der Waals surface area (Å²) in [7, 11) is 0. The van der Waals surface area contributed by atoms with Crippen molar-refractivity contribution in [2.75, 3.05) is 13.2 Å². The Morgan fingerprint density at radius 2 is 1.54 bits per heavy atom. The average Bonchev–Trinajstić information content (AvgIpc) is 2.47. The van der Waals surface area contributed by atoms with Gasteiger partial charge in [-0.1, -0.05) is 41.5 Å². The van der Waals surface area contributed by atoms with E-state index in [0.29, 0.717) is 11.8 Å². The minimum atomic E-state index is -0.0896. The van der Waals surface area contributed by atoms with Crippen LogP contribution in [0.25, 0.3) is 0 Å². The van der Waals surface area contributed by atoms with Crippen LogP contribution in [0.5, 0.6) is 5.75 Å². The summed E-state index contributed by atoms with van der Waals surface area (Å²) in [6, 6.07) is 4.71. The lowest BCUT2D eigenvalue weighted by molar-refractivity contribution is -0.944. The molecular formula is C21H36NO2+. The van der Waals surface area contributed by atoms with Gasteiger partial charge in [0.15, 0.2) is 0 Å². The maximum absolute atomic E-state index is 10.8. The molecule has 1 saturated heterocycles. The van der Waals surface area contributed by atoms with E-state index in [1.165, 1.54) is 23.3 Å². The van der Waals surface area contributed by atoms with Crippen molar-refractivity contribution in [1.82, 2.24) is 0 Å². The summed E-state index contributed by atoms with van der Waals surface area (Å²) in [5, 5.41) is 20.5. The molecule has 1 aromatic carbocycles. The van der Waals surface area contributed by atoms with Crippen molar-refractivity contribution in [3.05, 3.63) is 28.8 Å². The van der Waals surface area contributed by atoms with Crippen molar-refractivity contribution in [3.63, 3.8) is 0 Å². The number of phenols is 1. The van der Waals surface area contributed by atoms with Crippen LogP contribution in [0.4, 0.5) is 0 Å². The van der Waals surface area contributed by atoms with Crippen LogP contribution in [-0.4, -0.2) is 29.4 Å². The fourth-order valence-electron chi connectivity index (χ4n) is 3.81. The molecule has 0 aromatic heterocycles. The number of likely N-dealkylation sites (tertiary alicyclic amines) is 1. The van der Waals surface area contributed by atoms with E-state index in [2.05, 4.69) is 53.7 Å². The third-order valence-electron chi connectivity index (χ3n) is 5.32. The predicted molar refractivity (Wildman–Crippen MR) is 99.8 cm³/mol. The van der Waals surface area contributed by atoms with E-state index in [9.17, 15) is 10.2 Å². The van der Waals surface area contributed by atoms with Gasteiger partial charge in [-0.3, -0.25) is 0 Å². The van der Waals surface area contributed by atoms with Gasteiger partial charge in [-0.25, -0.2) is 0 Å². The Hall–Kier alpha value is -1.06. The van der Waals surface area contributed by atoms with Crippen molar-refractivity contribution >= 4 is 0 Å². The van der Waals surface area contributed by atoms with E-state index in [1.54, 1.807) is 0 Å². The monoisotopic (exact) mass is 334 g/mol. The number of phenolic OH excluding ortho intramolecular Hbond substituents is 1. The van der Waals surface area contributed by atoms with Gasteiger partial charge < -0.3 is 15.1 Å². The quantitative estimate of drug-likeness (QED) is 0.796. The molecule has 1 aliphatic rings.